The van der Waals surface area contributed by atoms with Gasteiger partial charge in [0.15, 0.2) is 0 Å². The lowest BCUT2D eigenvalue weighted by Gasteiger charge is -2.27. The molecular formula is C17H19NO4. The Balaban J connectivity index is 1.61. The molecule has 1 aliphatic heterocycles. The molecule has 1 aromatic carbocycles. The normalized spacial score (nSPS) is 38.2. The van der Waals surface area contributed by atoms with Crippen LogP contribution in [0, 0.1) is 37.5 Å². The van der Waals surface area contributed by atoms with Crippen LogP contribution in [-0.2, 0) is 14.3 Å². The summed E-state index contributed by atoms with van der Waals surface area (Å²) in [6, 6.07) is 5.87. The van der Waals surface area contributed by atoms with Crippen molar-refractivity contribution in [2.75, 3.05) is 5.32 Å². The van der Waals surface area contributed by atoms with Crippen LogP contribution in [0.1, 0.15) is 17.5 Å². The topological polar surface area (TPSA) is 75.6 Å². The summed E-state index contributed by atoms with van der Waals surface area (Å²) in [5.74, 6) is -1.54. The number of fused-ring (bicyclic) bond motifs is 1. The zero-order chi connectivity index (χ0) is 15.6. The number of aliphatic hydroxyl groups excluding tert-OH is 1. The summed E-state index contributed by atoms with van der Waals surface area (Å²) in [7, 11) is 0. The highest BCUT2D eigenvalue weighted by molar-refractivity contribution is 5.97. The van der Waals surface area contributed by atoms with Gasteiger partial charge in [-0.2, -0.15) is 0 Å². The van der Waals surface area contributed by atoms with Crippen molar-refractivity contribution in [2.45, 2.75) is 32.5 Å². The van der Waals surface area contributed by atoms with Gasteiger partial charge in [-0.05, 0) is 37.5 Å². The van der Waals surface area contributed by atoms with Gasteiger partial charge in [-0.15, -0.1) is 0 Å². The predicted octanol–water partition coefficient (Wildman–Crippen LogP) is 1.41. The lowest BCUT2D eigenvalue weighted by Crippen LogP contribution is -2.42. The molecule has 0 spiro atoms. The number of ether oxygens (including phenoxy) is 1. The van der Waals surface area contributed by atoms with Gasteiger partial charge in [-0.25, -0.2) is 0 Å². The number of esters is 1. The molecule has 1 saturated heterocycles. The Morgan fingerprint density at radius 1 is 1.32 bits per heavy atom. The van der Waals surface area contributed by atoms with Crippen LogP contribution in [-0.4, -0.2) is 29.2 Å². The third-order valence-corrected chi connectivity index (χ3v) is 5.53. The van der Waals surface area contributed by atoms with E-state index in [4.69, 9.17) is 4.74 Å². The third-order valence-electron chi connectivity index (χ3n) is 5.53. The first-order valence-corrected chi connectivity index (χ1v) is 7.74. The molecule has 2 N–H and O–H groups in total. The highest BCUT2D eigenvalue weighted by atomic mass is 16.6. The van der Waals surface area contributed by atoms with E-state index < -0.39 is 18.1 Å². The Morgan fingerprint density at radius 3 is 2.86 bits per heavy atom. The first-order valence-electron chi connectivity index (χ1n) is 7.74. The van der Waals surface area contributed by atoms with Gasteiger partial charge in [0.25, 0.3) is 0 Å². The van der Waals surface area contributed by atoms with Gasteiger partial charge < -0.3 is 15.2 Å². The molecule has 2 aliphatic carbocycles. The van der Waals surface area contributed by atoms with Crippen molar-refractivity contribution < 1.29 is 19.4 Å². The van der Waals surface area contributed by atoms with Crippen LogP contribution < -0.4 is 5.32 Å². The van der Waals surface area contributed by atoms with Crippen LogP contribution in [0.4, 0.5) is 5.69 Å². The van der Waals surface area contributed by atoms with E-state index in [9.17, 15) is 14.7 Å². The largest absolute Gasteiger partial charge is 0.459 e. The quantitative estimate of drug-likeness (QED) is 0.810. The van der Waals surface area contributed by atoms with Crippen LogP contribution in [0.2, 0.25) is 0 Å². The minimum atomic E-state index is -0.706. The first kappa shape index (κ1) is 13.8. The molecule has 116 valence electrons. The minimum Gasteiger partial charge on any atom is -0.459 e. The molecule has 2 saturated carbocycles. The smallest absolute Gasteiger partial charge is 0.310 e. The number of anilines is 1. The van der Waals surface area contributed by atoms with E-state index in [-0.39, 0.29) is 29.6 Å². The lowest BCUT2D eigenvalue weighted by molar-refractivity contribution is -0.146. The van der Waals surface area contributed by atoms with Crippen molar-refractivity contribution >= 4 is 17.6 Å². The van der Waals surface area contributed by atoms with Crippen LogP contribution in [0.25, 0.3) is 0 Å². The number of benzene rings is 1. The molecule has 5 nitrogen and oxygen atoms in total. The average molecular weight is 301 g/mol. The molecule has 0 unspecified atom stereocenters. The van der Waals surface area contributed by atoms with Crippen molar-refractivity contribution in [1.82, 2.24) is 0 Å². The monoisotopic (exact) mass is 301 g/mol. The fraction of sp³-hybridized carbons (Fsp3) is 0.529. The van der Waals surface area contributed by atoms with E-state index in [0.29, 0.717) is 6.42 Å². The summed E-state index contributed by atoms with van der Waals surface area (Å²) in [5, 5.41) is 13.2. The van der Waals surface area contributed by atoms with E-state index in [0.717, 1.165) is 16.8 Å². The maximum Gasteiger partial charge on any atom is 0.310 e. The molecule has 3 aliphatic rings. The van der Waals surface area contributed by atoms with E-state index in [2.05, 4.69) is 5.32 Å². The fourth-order valence-corrected chi connectivity index (χ4v) is 4.46. The standard InChI is InChI=1S/C17H19NO4/c1-7-3-4-8(2)11(5-7)18-16(20)12-9-6-10-13(12)17(21)22-15(10)14(9)19/h3-5,9-10,12-15,19H,6H2,1-2H3,(H,18,20)/t9-,10-,12-,13+,14+,15+/m1/s1. The van der Waals surface area contributed by atoms with Crippen LogP contribution in [0.3, 0.4) is 0 Å². The number of carbonyl (C=O) groups is 2. The molecule has 0 radical (unpaired) electrons. The van der Waals surface area contributed by atoms with Gasteiger partial charge in [0.1, 0.15) is 6.10 Å². The molecular weight excluding hydrogens is 282 g/mol. The summed E-state index contributed by atoms with van der Waals surface area (Å²) < 4.78 is 5.26. The Bertz CT molecular complexity index is 671. The molecule has 1 amide bonds. The van der Waals surface area contributed by atoms with Gasteiger partial charge in [0.05, 0.1) is 17.9 Å². The molecule has 5 heteroatoms. The van der Waals surface area contributed by atoms with E-state index in [1.807, 2.05) is 32.0 Å². The van der Waals surface area contributed by atoms with Crippen LogP contribution in [0.15, 0.2) is 18.2 Å². The van der Waals surface area contributed by atoms with Gasteiger partial charge in [0.2, 0.25) is 5.91 Å². The van der Waals surface area contributed by atoms with E-state index in [1.54, 1.807) is 0 Å². The SMILES string of the molecule is Cc1ccc(C)c(NC(=O)[C@@H]2[C@H]3C[C@H]4[C@H](OC(=O)[C@@H]42)[C@H]3O)c1. The van der Waals surface area contributed by atoms with Crippen molar-refractivity contribution in [2.24, 2.45) is 23.7 Å². The van der Waals surface area contributed by atoms with Gasteiger partial charge in [-0.1, -0.05) is 12.1 Å². The molecule has 4 rings (SSSR count). The second-order valence-corrected chi connectivity index (χ2v) is 6.81. The minimum absolute atomic E-state index is 0.00172. The highest BCUT2D eigenvalue weighted by Gasteiger charge is 2.68. The summed E-state index contributed by atoms with van der Waals surface area (Å²) in [6.07, 6.45) is -0.401. The van der Waals surface area contributed by atoms with Crippen LogP contribution >= 0.6 is 0 Å². The van der Waals surface area contributed by atoms with Crippen molar-refractivity contribution in [1.29, 1.82) is 0 Å². The second kappa shape index (κ2) is 4.56. The van der Waals surface area contributed by atoms with Gasteiger partial charge in [0, 0.05) is 17.5 Å². The molecule has 1 aromatic rings. The number of hydrogen-bond donors (Lipinski definition) is 2. The Labute approximate surface area is 128 Å². The fourth-order valence-electron chi connectivity index (χ4n) is 4.46. The Hall–Kier alpha value is -1.88. The Kier molecular flexibility index (Phi) is 2.85. The number of amides is 1. The highest BCUT2D eigenvalue weighted by Crippen LogP contribution is 2.57. The Morgan fingerprint density at radius 2 is 2.09 bits per heavy atom. The first-order chi connectivity index (χ1) is 10.5. The molecule has 1 heterocycles. The van der Waals surface area contributed by atoms with Gasteiger partial charge in [-0.3, -0.25) is 9.59 Å². The van der Waals surface area contributed by atoms with Crippen molar-refractivity contribution in [3.05, 3.63) is 29.3 Å². The summed E-state index contributed by atoms with van der Waals surface area (Å²) in [6.45, 7) is 3.90. The van der Waals surface area contributed by atoms with E-state index >= 15 is 0 Å². The average Bonchev–Trinajstić information content (AvgIpc) is 3.07. The van der Waals surface area contributed by atoms with Gasteiger partial charge >= 0.3 is 5.97 Å². The predicted molar refractivity (Wildman–Crippen MR) is 79.0 cm³/mol. The number of nitrogens with one attached hydrogen (secondary N) is 1. The molecule has 0 aromatic heterocycles. The molecule has 22 heavy (non-hydrogen) atoms. The number of aryl methyl sites for hydroxylation is 2. The van der Waals surface area contributed by atoms with Crippen LogP contribution in [0.5, 0.6) is 0 Å². The molecule has 6 atom stereocenters. The number of hydrogen-bond acceptors (Lipinski definition) is 4. The lowest BCUT2D eigenvalue weighted by atomic mass is 9.78. The van der Waals surface area contributed by atoms with Crippen molar-refractivity contribution in [3.8, 4) is 0 Å². The molecule has 2 bridgehead atoms. The summed E-state index contributed by atoms with van der Waals surface area (Å²) in [4.78, 5) is 24.7. The summed E-state index contributed by atoms with van der Waals surface area (Å²) >= 11 is 0. The number of rotatable bonds is 2. The maximum absolute atomic E-state index is 12.7. The third kappa shape index (κ3) is 1.75. The van der Waals surface area contributed by atoms with E-state index in [1.165, 1.54) is 0 Å². The second-order valence-electron chi connectivity index (χ2n) is 6.81. The summed E-state index contributed by atoms with van der Waals surface area (Å²) in [5.41, 5.74) is 2.81. The zero-order valence-corrected chi connectivity index (χ0v) is 12.6. The maximum atomic E-state index is 12.7. The number of carbonyl (C=O) groups excluding carboxylic acids is 2. The zero-order valence-electron chi connectivity index (χ0n) is 12.6. The van der Waals surface area contributed by atoms with Crippen molar-refractivity contribution in [3.63, 3.8) is 0 Å². The molecule has 3 fully saturated rings. The number of aliphatic hydroxyl groups is 1.